The highest BCUT2D eigenvalue weighted by atomic mass is 16.6. The second kappa shape index (κ2) is 8.30. The fraction of sp³-hybridized carbons (Fsp3) is 0.182. The van der Waals surface area contributed by atoms with Crippen molar-refractivity contribution in [3.8, 4) is 0 Å². The number of non-ortho nitro benzene ring substituents is 1. The second-order valence-corrected chi connectivity index (χ2v) is 6.33. The third kappa shape index (κ3) is 4.09. The maximum Gasteiger partial charge on any atom is 0.269 e. The van der Waals surface area contributed by atoms with E-state index in [2.05, 4.69) is 18.5 Å². The summed E-state index contributed by atoms with van der Waals surface area (Å²) in [5.74, 6) is 0. The van der Waals surface area contributed by atoms with Gasteiger partial charge in [-0.2, -0.15) is 0 Å². The zero-order chi connectivity index (χ0) is 19.2. The first-order chi connectivity index (χ1) is 12.4. The summed E-state index contributed by atoms with van der Waals surface area (Å²) in [4.78, 5) is 10.9. The third-order valence-corrected chi connectivity index (χ3v) is 4.62. The van der Waals surface area contributed by atoms with Gasteiger partial charge < -0.3 is 5.32 Å². The molecule has 1 N–H and O–H groups in total. The zero-order valence-corrected chi connectivity index (χ0v) is 15.2. The topological polar surface area (TPSA) is 55.2 Å². The number of anilines is 1. The van der Waals surface area contributed by atoms with Crippen molar-refractivity contribution < 1.29 is 4.92 Å². The van der Waals surface area contributed by atoms with Crippen molar-refractivity contribution >= 4 is 17.5 Å². The molecule has 0 bridgehead atoms. The summed E-state index contributed by atoms with van der Waals surface area (Å²) in [7, 11) is 1.81. The summed E-state index contributed by atoms with van der Waals surface area (Å²) in [6, 6.07) is 14.8. The molecule has 0 aliphatic rings. The van der Waals surface area contributed by atoms with Gasteiger partial charge in [0.1, 0.15) is 0 Å². The van der Waals surface area contributed by atoms with Gasteiger partial charge in [-0.05, 0) is 29.2 Å². The van der Waals surface area contributed by atoms with Crippen molar-refractivity contribution in [3.63, 3.8) is 0 Å². The molecule has 0 spiro atoms. The van der Waals surface area contributed by atoms with E-state index in [-0.39, 0.29) is 10.6 Å². The number of nitro groups is 1. The Hall–Kier alpha value is -3.14. The number of nitrogens with zero attached hydrogens (tertiary/aromatic N) is 1. The summed E-state index contributed by atoms with van der Waals surface area (Å²) >= 11 is 0. The van der Waals surface area contributed by atoms with Crippen LogP contribution in [0.5, 0.6) is 0 Å². The molecular weight excluding hydrogens is 324 g/mol. The Morgan fingerprint density at radius 2 is 1.96 bits per heavy atom. The molecule has 0 saturated carbocycles. The van der Waals surface area contributed by atoms with Crippen LogP contribution in [0.15, 0.2) is 79.4 Å². The Bertz CT molecular complexity index is 840. The first-order valence-corrected chi connectivity index (χ1v) is 8.42. The molecule has 0 saturated heterocycles. The van der Waals surface area contributed by atoms with Crippen molar-refractivity contribution in [2.75, 3.05) is 12.4 Å². The van der Waals surface area contributed by atoms with Gasteiger partial charge in [0.15, 0.2) is 0 Å². The molecule has 4 heteroatoms. The van der Waals surface area contributed by atoms with Crippen molar-refractivity contribution in [2.45, 2.75) is 18.8 Å². The SMILES string of the molecule is C=CCC(C)(C(=C)/C=C/c1ccccc1)c1cc([N+](=O)[O-])ccc1NC. The quantitative estimate of drug-likeness (QED) is 0.286. The standard InChI is InChI=1S/C22H24N2O2/c1-5-15-22(3,17(2)11-12-18-9-7-6-8-10-18)20-16-19(24(25)26)13-14-21(20)23-4/h5-14,16,23H,1-2,15H2,3-4H3/b12-11+. The molecule has 0 fully saturated rings. The highest BCUT2D eigenvalue weighted by Gasteiger charge is 2.31. The van der Waals surface area contributed by atoms with E-state index >= 15 is 0 Å². The van der Waals surface area contributed by atoms with Gasteiger partial charge in [-0.1, -0.05) is 62.1 Å². The van der Waals surface area contributed by atoms with E-state index in [9.17, 15) is 10.1 Å². The van der Waals surface area contributed by atoms with E-state index < -0.39 is 5.41 Å². The summed E-state index contributed by atoms with van der Waals surface area (Å²) in [6.45, 7) is 10.2. The van der Waals surface area contributed by atoms with E-state index in [4.69, 9.17) is 0 Å². The van der Waals surface area contributed by atoms with Gasteiger partial charge in [0.25, 0.3) is 5.69 Å². The first kappa shape index (κ1) is 19.2. The van der Waals surface area contributed by atoms with Crippen molar-refractivity contribution in [2.24, 2.45) is 0 Å². The van der Waals surface area contributed by atoms with Gasteiger partial charge in [0.2, 0.25) is 0 Å². The largest absolute Gasteiger partial charge is 0.388 e. The number of allylic oxidation sites excluding steroid dienone is 3. The fourth-order valence-electron chi connectivity index (χ4n) is 2.97. The molecule has 134 valence electrons. The van der Waals surface area contributed by atoms with E-state index in [1.165, 1.54) is 6.07 Å². The van der Waals surface area contributed by atoms with Crippen LogP contribution in [0.4, 0.5) is 11.4 Å². The van der Waals surface area contributed by atoms with Gasteiger partial charge in [-0.25, -0.2) is 0 Å². The van der Waals surface area contributed by atoms with E-state index in [0.29, 0.717) is 6.42 Å². The molecule has 2 rings (SSSR count). The zero-order valence-electron chi connectivity index (χ0n) is 15.2. The molecule has 0 aliphatic carbocycles. The average molecular weight is 348 g/mol. The van der Waals surface area contributed by atoms with Crippen LogP contribution in [0.2, 0.25) is 0 Å². The number of hydrogen-bond donors (Lipinski definition) is 1. The van der Waals surface area contributed by atoms with E-state index in [1.807, 2.05) is 62.5 Å². The summed E-state index contributed by atoms with van der Waals surface area (Å²) in [6.07, 6.45) is 6.40. The van der Waals surface area contributed by atoms with Crippen LogP contribution < -0.4 is 5.32 Å². The number of nitro benzene ring substituents is 1. The molecule has 2 aromatic rings. The van der Waals surface area contributed by atoms with Crippen LogP contribution in [-0.4, -0.2) is 12.0 Å². The Kier molecular flexibility index (Phi) is 6.12. The molecule has 1 unspecified atom stereocenters. The Balaban J connectivity index is 2.50. The van der Waals surface area contributed by atoms with Gasteiger partial charge in [-0.3, -0.25) is 10.1 Å². The van der Waals surface area contributed by atoms with E-state index in [1.54, 1.807) is 12.1 Å². The van der Waals surface area contributed by atoms with Crippen LogP contribution in [0.25, 0.3) is 6.08 Å². The average Bonchev–Trinajstić information content (AvgIpc) is 2.66. The predicted molar refractivity (Wildman–Crippen MR) is 109 cm³/mol. The molecule has 0 amide bonds. The highest BCUT2D eigenvalue weighted by Crippen LogP contribution is 2.41. The highest BCUT2D eigenvalue weighted by molar-refractivity contribution is 5.63. The summed E-state index contributed by atoms with van der Waals surface area (Å²) < 4.78 is 0. The van der Waals surface area contributed by atoms with Crippen molar-refractivity contribution in [3.05, 3.63) is 101 Å². The first-order valence-electron chi connectivity index (χ1n) is 8.42. The smallest absolute Gasteiger partial charge is 0.269 e. The van der Waals surface area contributed by atoms with Crippen LogP contribution in [0.3, 0.4) is 0 Å². The van der Waals surface area contributed by atoms with Gasteiger partial charge in [-0.15, -0.1) is 6.58 Å². The molecule has 0 heterocycles. The third-order valence-electron chi connectivity index (χ3n) is 4.62. The number of nitrogens with one attached hydrogen (secondary N) is 1. The van der Waals surface area contributed by atoms with Crippen molar-refractivity contribution in [1.29, 1.82) is 0 Å². The molecule has 26 heavy (non-hydrogen) atoms. The lowest BCUT2D eigenvalue weighted by Gasteiger charge is -2.32. The molecule has 2 aromatic carbocycles. The predicted octanol–water partition coefficient (Wildman–Crippen LogP) is 5.74. The number of hydrogen-bond acceptors (Lipinski definition) is 3. The minimum atomic E-state index is -0.516. The maximum absolute atomic E-state index is 11.2. The summed E-state index contributed by atoms with van der Waals surface area (Å²) in [5, 5.41) is 14.4. The van der Waals surface area contributed by atoms with Crippen LogP contribution in [0.1, 0.15) is 24.5 Å². The molecule has 0 aliphatic heterocycles. The lowest BCUT2D eigenvalue weighted by atomic mass is 9.72. The van der Waals surface area contributed by atoms with Gasteiger partial charge in [0, 0.05) is 30.3 Å². The second-order valence-electron chi connectivity index (χ2n) is 6.33. The van der Waals surface area contributed by atoms with E-state index in [0.717, 1.165) is 22.4 Å². The number of rotatable bonds is 8. The van der Waals surface area contributed by atoms with Gasteiger partial charge in [0.05, 0.1) is 4.92 Å². The maximum atomic E-state index is 11.2. The minimum Gasteiger partial charge on any atom is -0.388 e. The lowest BCUT2D eigenvalue weighted by Crippen LogP contribution is -2.24. The Labute approximate surface area is 154 Å². The summed E-state index contributed by atoms with van der Waals surface area (Å²) in [5.41, 5.74) is 3.15. The fourth-order valence-corrected chi connectivity index (χ4v) is 2.97. The monoisotopic (exact) mass is 348 g/mol. The van der Waals surface area contributed by atoms with Gasteiger partial charge >= 0.3 is 0 Å². The lowest BCUT2D eigenvalue weighted by molar-refractivity contribution is -0.384. The van der Waals surface area contributed by atoms with Crippen molar-refractivity contribution in [1.82, 2.24) is 0 Å². The molecule has 0 radical (unpaired) electrons. The molecule has 0 aromatic heterocycles. The minimum absolute atomic E-state index is 0.0640. The molecule has 4 nitrogen and oxygen atoms in total. The van der Waals surface area contributed by atoms with Crippen LogP contribution in [0, 0.1) is 10.1 Å². The number of benzene rings is 2. The molecule has 1 atom stereocenters. The van der Waals surface area contributed by atoms with Crippen LogP contribution >= 0.6 is 0 Å². The Morgan fingerprint density at radius 1 is 1.27 bits per heavy atom. The molecular formula is C22H24N2O2. The Morgan fingerprint density at radius 3 is 2.54 bits per heavy atom. The van der Waals surface area contributed by atoms with Crippen LogP contribution in [-0.2, 0) is 5.41 Å². The normalized spacial score (nSPS) is 13.2.